The highest BCUT2D eigenvalue weighted by Crippen LogP contribution is 2.22. The number of hydrogen-bond donors (Lipinski definition) is 2. The lowest BCUT2D eigenvalue weighted by molar-refractivity contribution is 0.242. The molecule has 5 nitrogen and oxygen atoms in total. The van der Waals surface area contributed by atoms with Crippen LogP contribution in [0.2, 0.25) is 0 Å². The second kappa shape index (κ2) is 7.88. The number of ether oxygens (including phenoxy) is 1. The minimum absolute atomic E-state index is 0.442. The third-order valence-corrected chi connectivity index (χ3v) is 3.97. The SMILES string of the molecule is CCC(CN=C(N)Nc1ccccc1OC)N1CCCC1. The Labute approximate surface area is 127 Å². The van der Waals surface area contributed by atoms with Gasteiger partial charge in [-0.1, -0.05) is 19.1 Å². The summed E-state index contributed by atoms with van der Waals surface area (Å²) in [7, 11) is 1.65. The van der Waals surface area contributed by atoms with Gasteiger partial charge in [-0.05, 0) is 44.5 Å². The molecule has 0 spiro atoms. The molecule has 1 unspecified atom stereocenters. The minimum atomic E-state index is 0.442. The lowest BCUT2D eigenvalue weighted by Gasteiger charge is -2.24. The molecule has 1 aromatic rings. The molecule has 1 atom stereocenters. The Kier molecular flexibility index (Phi) is 5.87. The molecule has 1 aromatic carbocycles. The molecule has 0 amide bonds. The number of nitrogens with two attached hydrogens (primary N) is 1. The van der Waals surface area contributed by atoms with E-state index in [4.69, 9.17) is 10.5 Å². The van der Waals surface area contributed by atoms with Crippen LogP contribution in [0.25, 0.3) is 0 Å². The molecule has 5 heteroatoms. The van der Waals surface area contributed by atoms with Gasteiger partial charge in [0.05, 0.1) is 19.3 Å². The number of benzene rings is 1. The van der Waals surface area contributed by atoms with Gasteiger partial charge in [0, 0.05) is 6.04 Å². The van der Waals surface area contributed by atoms with Gasteiger partial charge in [0.2, 0.25) is 0 Å². The van der Waals surface area contributed by atoms with Crippen molar-refractivity contribution in [3.63, 3.8) is 0 Å². The Hall–Kier alpha value is -1.75. The van der Waals surface area contributed by atoms with Gasteiger partial charge in [-0.15, -0.1) is 0 Å². The van der Waals surface area contributed by atoms with Gasteiger partial charge < -0.3 is 15.8 Å². The molecule has 0 aliphatic carbocycles. The zero-order valence-electron chi connectivity index (χ0n) is 13.0. The van der Waals surface area contributed by atoms with Crippen molar-refractivity contribution >= 4 is 11.6 Å². The van der Waals surface area contributed by atoms with E-state index >= 15 is 0 Å². The van der Waals surface area contributed by atoms with Crippen molar-refractivity contribution in [3.05, 3.63) is 24.3 Å². The quantitative estimate of drug-likeness (QED) is 0.623. The fourth-order valence-electron chi connectivity index (χ4n) is 2.74. The molecule has 2 rings (SSSR count). The fourth-order valence-corrected chi connectivity index (χ4v) is 2.74. The van der Waals surface area contributed by atoms with Gasteiger partial charge in [-0.25, -0.2) is 0 Å². The van der Waals surface area contributed by atoms with Crippen LogP contribution in [0.3, 0.4) is 0 Å². The van der Waals surface area contributed by atoms with Crippen molar-refractivity contribution in [2.24, 2.45) is 10.7 Å². The molecule has 1 aliphatic heterocycles. The number of para-hydroxylation sites is 2. The van der Waals surface area contributed by atoms with Crippen molar-refractivity contribution in [2.45, 2.75) is 32.2 Å². The average molecular weight is 290 g/mol. The normalized spacial score (nSPS) is 17.7. The van der Waals surface area contributed by atoms with Crippen molar-refractivity contribution in [2.75, 3.05) is 32.1 Å². The van der Waals surface area contributed by atoms with Crippen LogP contribution in [0.1, 0.15) is 26.2 Å². The summed E-state index contributed by atoms with van der Waals surface area (Å²) < 4.78 is 5.29. The van der Waals surface area contributed by atoms with Crippen LogP contribution in [0.15, 0.2) is 29.3 Å². The predicted octanol–water partition coefficient (Wildman–Crippen LogP) is 2.30. The maximum Gasteiger partial charge on any atom is 0.193 e. The van der Waals surface area contributed by atoms with Gasteiger partial charge in [0.1, 0.15) is 5.75 Å². The molecule has 21 heavy (non-hydrogen) atoms. The third kappa shape index (κ3) is 4.36. The van der Waals surface area contributed by atoms with Gasteiger partial charge in [0.15, 0.2) is 5.96 Å². The molecule has 3 N–H and O–H groups in total. The Morgan fingerprint density at radius 1 is 1.38 bits per heavy atom. The highest BCUT2D eigenvalue weighted by Gasteiger charge is 2.19. The van der Waals surface area contributed by atoms with Gasteiger partial charge in [-0.2, -0.15) is 0 Å². The van der Waals surface area contributed by atoms with Crippen LogP contribution in [0.5, 0.6) is 5.75 Å². The molecule has 1 saturated heterocycles. The molecule has 1 heterocycles. The smallest absolute Gasteiger partial charge is 0.193 e. The summed E-state index contributed by atoms with van der Waals surface area (Å²) >= 11 is 0. The van der Waals surface area contributed by atoms with E-state index in [1.165, 1.54) is 25.9 Å². The summed E-state index contributed by atoms with van der Waals surface area (Å²) in [4.78, 5) is 7.01. The molecular formula is C16H26N4O. The van der Waals surface area contributed by atoms with Crippen LogP contribution < -0.4 is 15.8 Å². The summed E-state index contributed by atoms with van der Waals surface area (Å²) in [5.74, 6) is 1.21. The second-order valence-electron chi connectivity index (χ2n) is 5.36. The molecule has 0 aromatic heterocycles. The monoisotopic (exact) mass is 290 g/mol. The topological polar surface area (TPSA) is 62.9 Å². The van der Waals surface area contributed by atoms with Crippen LogP contribution in [-0.2, 0) is 0 Å². The van der Waals surface area contributed by atoms with Gasteiger partial charge in [0.25, 0.3) is 0 Å². The van der Waals surface area contributed by atoms with E-state index in [0.29, 0.717) is 12.0 Å². The Morgan fingerprint density at radius 2 is 2.10 bits per heavy atom. The van der Waals surface area contributed by atoms with E-state index in [-0.39, 0.29) is 0 Å². The van der Waals surface area contributed by atoms with Crippen LogP contribution >= 0.6 is 0 Å². The first-order valence-electron chi connectivity index (χ1n) is 7.68. The first kappa shape index (κ1) is 15.6. The fraction of sp³-hybridized carbons (Fsp3) is 0.562. The number of methoxy groups -OCH3 is 1. The molecule has 0 bridgehead atoms. The summed E-state index contributed by atoms with van der Waals surface area (Å²) in [5.41, 5.74) is 6.84. The number of nitrogens with zero attached hydrogens (tertiary/aromatic N) is 2. The largest absolute Gasteiger partial charge is 0.495 e. The first-order chi connectivity index (χ1) is 10.2. The van der Waals surface area contributed by atoms with Gasteiger partial charge >= 0.3 is 0 Å². The number of rotatable bonds is 6. The number of hydrogen-bond acceptors (Lipinski definition) is 3. The maximum absolute atomic E-state index is 6.00. The van der Waals surface area contributed by atoms with Crippen LogP contribution in [0.4, 0.5) is 5.69 Å². The number of anilines is 1. The molecule has 0 saturated carbocycles. The predicted molar refractivity (Wildman–Crippen MR) is 88.0 cm³/mol. The summed E-state index contributed by atoms with van der Waals surface area (Å²) in [6.45, 7) is 5.33. The van der Waals surface area contributed by atoms with Crippen molar-refractivity contribution in [1.29, 1.82) is 0 Å². The Morgan fingerprint density at radius 3 is 2.76 bits per heavy atom. The van der Waals surface area contributed by atoms with E-state index in [2.05, 4.69) is 22.1 Å². The summed E-state index contributed by atoms with van der Waals surface area (Å²) in [5, 5.41) is 3.12. The van der Waals surface area contributed by atoms with E-state index in [0.717, 1.165) is 24.4 Å². The standard InChI is InChI=1S/C16H26N4O/c1-3-13(20-10-6-7-11-20)12-18-16(17)19-14-8-4-5-9-15(14)21-2/h4-5,8-9,13H,3,6-7,10-12H2,1-2H3,(H3,17,18,19). The van der Waals surface area contributed by atoms with E-state index in [1.807, 2.05) is 24.3 Å². The zero-order chi connectivity index (χ0) is 15.1. The summed E-state index contributed by atoms with van der Waals surface area (Å²) in [6, 6.07) is 8.19. The third-order valence-electron chi connectivity index (χ3n) is 3.97. The van der Waals surface area contributed by atoms with Crippen LogP contribution in [0, 0.1) is 0 Å². The zero-order valence-corrected chi connectivity index (χ0v) is 13.0. The number of guanidine groups is 1. The number of nitrogens with one attached hydrogen (secondary N) is 1. The van der Waals surface area contributed by atoms with Crippen molar-refractivity contribution in [1.82, 2.24) is 4.90 Å². The maximum atomic E-state index is 6.00. The summed E-state index contributed by atoms with van der Waals surface area (Å²) in [6.07, 6.45) is 3.70. The number of aliphatic imine (C=N–C) groups is 1. The molecule has 1 aliphatic rings. The molecular weight excluding hydrogens is 264 g/mol. The molecule has 0 radical (unpaired) electrons. The van der Waals surface area contributed by atoms with Crippen molar-refractivity contribution in [3.8, 4) is 5.75 Å². The molecule has 116 valence electrons. The Bertz CT molecular complexity index is 469. The van der Waals surface area contributed by atoms with E-state index in [1.54, 1.807) is 7.11 Å². The minimum Gasteiger partial charge on any atom is -0.495 e. The first-order valence-corrected chi connectivity index (χ1v) is 7.68. The second-order valence-corrected chi connectivity index (χ2v) is 5.36. The van der Waals surface area contributed by atoms with E-state index in [9.17, 15) is 0 Å². The van der Waals surface area contributed by atoms with Gasteiger partial charge in [-0.3, -0.25) is 9.89 Å². The Balaban J connectivity index is 1.93. The van der Waals surface area contributed by atoms with Crippen molar-refractivity contribution < 1.29 is 4.74 Å². The van der Waals surface area contributed by atoms with E-state index < -0.39 is 0 Å². The lowest BCUT2D eigenvalue weighted by Crippen LogP contribution is -2.35. The lowest BCUT2D eigenvalue weighted by atomic mass is 10.2. The molecule has 1 fully saturated rings. The number of likely N-dealkylation sites (tertiary alicyclic amines) is 1. The highest BCUT2D eigenvalue weighted by atomic mass is 16.5. The highest BCUT2D eigenvalue weighted by molar-refractivity contribution is 5.93. The van der Waals surface area contributed by atoms with Crippen LogP contribution in [-0.4, -0.2) is 43.6 Å². The average Bonchev–Trinajstić information content (AvgIpc) is 3.03.